The van der Waals surface area contributed by atoms with E-state index in [1.54, 1.807) is 109 Å². The van der Waals surface area contributed by atoms with Crippen molar-refractivity contribution in [3.63, 3.8) is 0 Å². The second-order valence-corrected chi connectivity index (χ2v) is 30.5. The van der Waals surface area contributed by atoms with Crippen LogP contribution in [-0.4, -0.2) is 220 Å². The number of ether oxygens (including phenoxy) is 16. The van der Waals surface area contributed by atoms with Gasteiger partial charge in [-0.15, -0.1) is 0 Å². The van der Waals surface area contributed by atoms with E-state index >= 15 is 0 Å². The Balaban J connectivity index is 1.03. The SMILES string of the molecule is COC(=O)CCCC(=O)Nc1ccc(-c2c3nc(c(-c4ccc(NC(=O)[C@H]5O[C@@H](OC(C)=O)[C@H](OC(C)=O)[C@@H](OC(C)=O)[C@@H]5OC(C)=O)cc4)c4ccc([nH]4)c(-c4ccc(NC(=O)[C@H]5O[C@@H](OC(C)=O)[C@H](OC(C)=O)[C@@H](OC(C)=O)[C@@H]5OC(C)=O)cc4)c4nc(c(-c5ccc(NC(=O)[C@H]6O[C@@H](OC(C)=O)[C@H](OC(C)=O)[C@@H](OC(C)=O)[C@@H]6OC(C)=O)cc5)c5ccc2[nH]5)C=C4)C=C3)cc1. The molecule has 5 aliphatic rings. The van der Waals surface area contributed by atoms with Crippen LogP contribution in [0, 0.1) is 0 Å². The zero-order valence-corrected chi connectivity index (χ0v) is 73.5. The third kappa shape index (κ3) is 23.9. The van der Waals surface area contributed by atoms with E-state index in [0.29, 0.717) is 95.0 Å². The summed E-state index contributed by atoms with van der Waals surface area (Å²) in [7, 11) is 1.25. The molecule has 0 aliphatic carbocycles. The summed E-state index contributed by atoms with van der Waals surface area (Å²) in [5.74, 6) is -15.4. The highest BCUT2D eigenvalue weighted by Crippen LogP contribution is 2.42. The van der Waals surface area contributed by atoms with Gasteiger partial charge >= 0.3 is 77.6 Å². The minimum atomic E-state index is -1.92. The van der Waals surface area contributed by atoms with Gasteiger partial charge in [-0.1, -0.05) is 48.5 Å². The molecule has 6 N–H and O–H groups in total. The minimum absolute atomic E-state index is 0.00271. The first-order valence-corrected chi connectivity index (χ1v) is 41.2. The number of rotatable bonds is 27. The number of benzene rings is 4. The number of carbonyl (C=O) groups excluding carboxylic acids is 17. The predicted octanol–water partition coefficient (Wildman–Crippen LogP) is 8.67. The van der Waals surface area contributed by atoms with Gasteiger partial charge in [0.05, 0.1) is 29.9 Å². The molecular weight excluding hydrogens is 1750 g/mol. The number of carbonyl (C=O) groups is 17. The Kier molecular flexibility index (Phi) is 30.7. The molecule has 3 fully saturated rings. The van der Waals surface area contributed by atoms with Gasteiger partial charge in [0.2, 0.25) is 43.1 Å². The van der Waals surface area contributed by atoms with Crippen LogP contribution in [0.5, 0.6) is 0 Å². The number of hydrogen-bond donors (Lipinski definition) is 6. The first kappa shape index (κ1) is 96.4. The van der Waals surface area contributed by atoms with Gasteiger partial charge in [-0.25, -0.2) is 9.97 Å². The summed E-state index contributed by atoms with van der Waals surface area (Å²) in [6.45, 7) is 12.1. The molecule has 8 bridgehead atoms. The zero-order valence-electron chi connectivity index (χ0n) is 73.5. The molecule has 3 aromatic heterocycles. The van der Waals surface area contributed by atoms with E-state index in [1.165, 1.54) is 43.5 Å². The lowest BCUT2D eigenvalue weighted by atomic mass is 9.97. The van der Waals surface area contributed by atoms with Crippen LogP contribution in [0.3, 0.4) is 0 Å². The molecule has 8 heterocycles. The number of hydrogen-bond acceptors (Lipinski definition) is 35. The smallest absolute Gasteiger partial charge is 0.305 e. The van der Waals surface area contributed by atoms with Gasteiger partial charge in [0.25, 0.3) is 17.7 Å². The number of aromatic amines is 2. The molecule has 41 nitrogen and oxygen atoms in total. The number of esters is 13. The van der Waals surface area contributed by atoms with E-state index in [1.807, 2.05) is 0 Å². The molecule has 15 atom stereocenters. The Morgan fingerprint density at radius 2 is 0.496 bits per heavy atom. The van der Waals surface area contributed by atoms with Crippen LogP contribution >= 0.6 is 0 Å². The highest BCUT2D eigenvalue weighted by Gasteiger charge is 2.59. The van der Waals surface area contributed by atoms with E-state index in [4.69, 9.17) is 85.8 Å². The fraction of sp³-hybridized carbons (Fsp3) is 0.337. The van der Waals surface area contributed by atoms with Gasteiger partial charge in [0.15, 0.2) is 54.9 Å². The standard InChI is InChI=1S/C92H90N8O33/c1-41(101)119-75-78(122-44(4)104)84(125-47(7)107)90(128-50(10)110)131-81(75)87(115)94-58-27-19-54(20-28-58)72-63-35-33-61(97-63)71(53-17-25-57(26-18-53)93-69(113)15-14-16-70(114)118-13)62-34-36-64(98-62)73(55-21-29-59(30-22-55)95-88(116)82-76(120-42(2)102)79(123-45(5)105)85(126-48(8)108)91(132-82)129-51(11)111)66-38-40-68(100-66)74(67-39-37-65(72)99-67)56-23-31-60(32-24-56)96-89(117)83-77(121-43(3)103)80(124-46(6)106)86(127-49(9)109)92(133-83)130-52(12)112/h17-40,75-86,90-92,97,100H,14-16H2,1-13H3,(H,93,113)(H,94,115)(H,95,116)(H,96,117)/t75-,76-,77-,78-,79-,80-,81-,82-,83-,84+,85+,86+,90+,91+,92+/m0/s1. The van der Waals surface area contributed by atoms with E-state index in [0.717, 1.165) is 83.1 Å². The second kappa shape index (κ2) is 42.3. The summed E-state index contributed by atoms with van der Waals surface area (Å²) in [6, 6.07) is 32.9. The zero-order chi connectivity index (χ0) is 96.1. The molecule has 4 aromatic carbocycles. The molecule has 41 heteroatoms. The van der Waals surface area contributed by atoms with Gasteiger partial charge in [-0.05, 0) is 126 Å². The number of methoxy groups -OCH3 is 1. The number of nitrogens with one attached hydrogen (secondary N) is 6. The van der Waals surface area contributed by atoms with Gasteiger partial charge in [0, 0.05) is 163 Å². The molecule has 12 rings (SSSR count). The number of fused-ring (bicyclic) bond motifs is 8. The summed E-state index contributed by atoms with van der Waals surface area (Å²) in [5.41, 5.74) is 7.38. The maximum atomic E-state index is 14.7. The second-order valence-electron chi connectivity index (χ2n) is 30.5. The van der Waals surface area contributed by atoms with Crippen molar-refractivity contribution >= 4 is 170 Å². The van der Waals surface area contributed by atoms with Gasteiger partial charge in [-0.3, -0.25) is 81.5 Å². The van der Waals surface area contributed by atoms with Crippen molar-refractivity contribution < 1.29 is 157 Å². The van der Waals surface area contributed by atoms with Crippen LogP contribution in [0.2, 0.25) is 0 Å². The molecule has 4 amide bonds. The third-order valence-electron chi connectivity index (χ3n) is 20.4. The van der Waals surface area contributed by atoms with Gasteiger partial charge in [-0.2, -0.15) is 0 Å². The maximum Gasteiger partial charge on any atom is 0.305 e. The van der Waals surface area contributed by atoms with Crippen molar-refractivity contribution in [1.29, 1.82) is 0 Å². The summed E-state index contributed by atoms with van der Waals surface area (Å²) in [5, 5.41) is 11.1. The van der Waals surface area contributed by atoms with Crippen LogP contribution in [0.1, 0.15) is 125 Å². The van der Waals surface area contributed by atoms with E-state index in [-0.39, 0.29) is 42.2 Å². The van der Waals surface area contributed by atoms with Crippen LogP contribution < -0.4 is 21.3 Å². The van der Waals surface area contributed by atoms with Crippen LogP contribution in [0.25, 0.3) is 90.9 Å². The Bertz CT molecular complexity index is 5880. The van der Waals surface area contributed by atoms with Crippen molar-refractivity contribution in [1.82, 2.24) is 19.9 Å². The Morgan fingerprint density at radius 1 is 0.278 bits per heavy atom. The Hall–Kier alpha value is -15.7. The molecule has 0 spiro atoms. The molecule has 0 saturated carbocycles. The predicted molar refractivity (Wildman–Crippen MR) is 462 cm³/mol. The lowest BCUT2D eigenvalue weighted by molar-refractivity contribution is -0.289. The molecule has 133 heavy (non-hydrogen) atoms. The maximum absolute atomic E-state index is 14.7. The number of H-pyrrole nitrogens is 2. The van der Waals surface area contributed by atoms with Gasteiger partial charge < -0.3 is 107 Å². The summed E-state index contributed by atoms with van der Waals surface area (Å²) in [4.78, 5) is 239. The summed E-state index contributed by atoms with van der Waals surface area (Å²) < 4.78 is 88.2. The lowest BCUT2D eigenvalue weighted by Crippen LogP contribution is -2.64. The van der Waals surface area contributed by atoms with E-state index in [2.05, 4.69) is 31.2 Å². The van der Waals surface area contributed by atoms with Crippen molar-refractivity contribution in [2.75, 3.05) is 28.4 Å². The number of nitrogens with zero attached hydrogens (tertiary/aromatic N) is 2. The average molecular weight is 1840 g/mol. The summed E-state index contributed by atoms with van der Waals surface area (Å²) in [6.07, 6.45) is -20.1. The Labute approximate surface area is 755 Å². The van der Waals surface area contributed by atoms with Crippen molar-refractivity contribution in [3.05, 3.63) is 144 Å². The third-order valence-corrected chi connectivity index (χ3v) is 20.4. The Morgan fingerprint density at radius 3 is 0.722 bits per heavy atom. The fourth-order valence-electron chi connectivity index (χ4n) is 15.4. The largest absolute Gasteiger partial charge is 0.469 e. The lowest BCUT2D eigenvalue weighted by Gasteiger charge is -2.43. The monoisotopic (exact) mass is 1830 g/mol. The fourth-order valence-corrected chi connectivity index (χ4v) is 15.4. The van der Waals surface area contributed by atoms with Crippen molar-refractivity contribution in [3.8, 4) is 44.5 Å². The molecule has 3 saturated heterocycles. The summed E-state index contributed by atoms with van der Waals surface area (Å²) >= 11 is 0. The molecule has 0 unspecified atom stereocenters. The van der Waals surface area contributed by atoms with Crippen molar-refractivity contribution in [2.45, 2.75) is 194 Å². The first-order valence-electron chi connectivity index (χ1n) is 41.2. The quantitative estimate of drug-likeness (QED) is 0.0207. The molecule has 7 aromatic rings. The van der Waals surface area contributed by atoms with Gasteiger partial charge in [0.1, 0.15) is 0 Å². The van der Waals surface area contributed by atoms with Crippen LogP contribution in [0.15, 0.2) is 121 Å². The minimum Gasteiger partial charge on any atom is -0.469 e. The van der Waals surface area contributed by atoms with E-state index < -0.39 is 187 Å². The topological polar surface area (TPSA) is 543 Å². The van der Waals surface area contributed by atoms with E-state index in [9.17, 15) is 81.5 Å². The molecule has 0 radical (unpaired) electrons. The number of aromatic nitrogens is 4. The molecule has 696 valence electrons. The van der Waals surface area contributed by atoms with Crippen molar-refractivity contribution in [2.24, 2.45) is 0 Å². The molecular formula is C92H90N8O33. The van der Waals surface area contributed by atoms with Crippen LogP contribution in [0.4, 0.5) is 22.7 Å². The number of amides is 4. The highest BCUT2D eigenvalue weighted by atomic mass is 16.8. The van der Waals surface area contributed by atoms with Crippen LogP contribution in [-0.2, 0) is 157 Å². The molecule has 5 aliphatic heterocycles. The average Bonchev–Trinajstić information content (AvgIpc) is 1.68. The normalized spacial score (nSPS) is 21.5. The number of anilines is 4. The first-order chi connectivity index (χ1) is 63.3. The highest BCUT2D eigenvalue weighted by molar-refractivity contribution is 6.03.